The van der Waals surface area contributed by atoms with Gasteiger partial charge in [0.15, 0.2) is 0 Å². The smallest absolute Gasteiger partial charge is 0.257 e. The molecule has 0 saturated carbocycles. The minimum Gasteiger partial charge on any atom is -0.391 e. The fourth-order valence-electron chi connectivity index (χ4n) is 3.03. The van der Waals surface area contributed by atoms with E-state index in [4.69, 9.17) is 0 Å². The van der Waals surface area contributed by atoms with Gasteiger partial charge in [-0.2, -0.15) is 5.10 Å². The van der Waals surface area contributed by atoms with E-state index in [1.807, 2.05) is 20.8 Å². The molecule has 1 fully saturated rings. The number of aliphatic hydroxyl groups is 1. The van der Waals surface area contributed by atoms with E-state index in [1.54, 1.807) is 34.1 Å². The first-order valence-corrected chi connectivity index (χ1v) is 8.05. The predicted molar refractivity (Wildman–Crippen MR) is 88.0 cm³/mol. The van der Waals surface area contributed by atoms with Crippen molar-refractivity contribution in [1.29, 1.82) is 0 Å². The maximum atomic E-state index is 13.5. The fourth-order valence-corrected chi connectivity index (χ4v) is 3.03. The molecule has 1 aromatic heterocycles. The number of aromatic nitrogens is 2. The van der Waals surface area contributed by atoms with Gasteiger partial charge in [0.1, 0.15) is 5.82 Å². The summed E-state index contributed by atoms with van der Waals surface area (Å²) in [6, 6.07) is 5.86. The molecule has 1 aliphatic heterocycles. The SMILES string of the molecule is CC(C)(C)n1cc(C(=O)N2C[C@H](O)C[C@H]2c2cccc(F)c2)cn1. The molecule has 1 N–H and O–H groups in total. The van der Waals surface area contributed by atoms with Crippen molar-refractivity contribution in [1.82, 2.24) is 14.7 Å². The molecule has 0 radical (unpaired) electrons. The first-order chi connectivity index (χ1) is 11.3. The second-order valence-corrected chi connectivity index (χ2v) is 7.26. The predicted octanol–water partition coefficient (Wildman–Crippen LogP) is 2.73. The standard InChI is InChI=1S/C18H22FN3O2/c1-18(2,3)22-10-13(9-20-22)17(24)21-11-15(23)8-16(21)12-5-4-6-14(19)7-12/h4-7,9-10,15-16,23H,8,11H2,1-3H3/t15-,16+/m1/s1. The van der Waals surface area contributed by atoms with E-state index in [1.165, 1.54) is 12.1 Å². The van der Waals surface area contributed by atoms with Crippen LogP contribution in [-0.4, -0.2) is 38.3 Å². The average molecular weight is 331 g/mol. The summed E-state index contributed by atoms with van der Waals surface area (Å²) in [5.41, 5.74) is 0.953. The molecule has 128 valence electrons. The van der Waals surface area contributed by atoms with Gasteiger partial charge in [-0.05, 0) is 44.9 Å². The molecule has 1 amide bonds. The highest BCUT2D eigenvalue weighted by Gasteiger charge is 2.36. The number of halogens is 1. The molecule has 3 rings (SSSR count). The average Bonchev–Trinajstić information content (AvgIpc) is 3.12. The number of aliphatic hydroxyl groups excluding tert-OH is 1. The second-order valence-electron chi connectivity index (χ2n) is 7.26. The van der Waals surface area contributed by atoms with Gasteiger partial charge in [-0.3, -0.25) is 9.48 Å². The van der Waals surface area contributed by atoms with Crippen molar-refractivity contribution < 1.29 is 14.3 Å². The van der Waals surface area contributed by atoms with Crippen LogP contribution in [0, 0.1) is 5.82 Å². The van der Waals surface area contributed by atoms with Gasteiger partial charge in [-0.1, -0.05) is 12.1 Å². The zero-order chi connectivity index (χ0) is 17.5. The van der Waals surface area contributed by atoms with Gasteiger partial charge < -0.3 is 10.0 Å². The largest absolute Gasteiger partial charge is 0.391 e. The highest BCUT2D eigenvalue weighted by Crippen LogP contribution is 2.33. The molecule has 0 spiro atoms. The number of benzene rings is 1. The van der Waals surface area contributed by atoms with Crippen LogP contribution in [0.5, 0.6) is 0 Å². The molecule has 24 heavy (non-hydrogen) atoms. The van der Waals surface area contributed by atoms with Crippen molar-refractivity contribution in [2.45, 2.75) is 44.9 Å². The Morgan fingerprint density at radius 3 is 2.75 bits per heavy atom. The summed E-state index contributed by atoms with van der Waals surface area (Å²) in [4.78, 5) is 14.5. The van der Waals surface area contributed by atoms with E-state index >= 15 is 0 Å². The molecule has 2 atom stereocenters. The summed E-state index contributed by atoms with van der Waals surface area (Å²) in [6.07, 6.45) is 3.05. The Labute approximate surface area is 140 Å². The van der Waals surface area contributed by atoms with E-state index < -0.39 is 6.10 Å². The summed E-state index contributed by atoms with van der Waals surface area (Å²) in [7, 11) is 0. The Morgan fingerprint density at radius 2 is 2.12 bits per heavy atom. The highest BCUT2D eigenvalue weighted by molar-refractivity contribution is 5.94. The maximum Gasteiger partial charge on any atom is 0.257 e. The fraction of sp³-hybridized carbons (Fsp3) is 0.444. The molecule has 6 heteroatoms. The quantitative estimate of drug-likeness (QED) is 0.920. The van der Waals surface area contributed by atoms with Gasteiger partial charge in [0.25, 0.3) is 5.91 Å². The molecule has 0 unspecified atom stereocenters. The van der Waals surface area contributed by atoms with Gasteiger partial charge >= 0.3 is 0 Å². The maximum absolute atomic E-state index is 13.5. The Balaban J connectivity index is 1.88. The van der Waals surface area contributed by atoms with Crippen LogP contribution in [0.4, 0.5) is 4.39 Å². The lowest BCUT2D eigenvalue weighted by Crippen LogP contribution is -2.31. The van der Waals surface area contributed by atoms with Gasteiger partial charge in [-0.25, -0.2) is 4.39 Å². The Hall–Kier alpha value is -2.21. The molecule has 0 bridgehead atoms. The first kappa shape index (κ1) is 16.6. The van der Waals surface area contributed by atoms with Gasteiger partial charge in [-0.15, -0.1) is 0 Å². The first-order valence-electron chi connectivity index (χ1n) is 8.05. The number of hydrogen-bond acceptors (Lipinski definition) is 3. The zero-order valence-corrected chi connectivity index (χ0v) is 14.1. The second kappa shape index (κ2) is 6.02. The van der Waals surface area contributed by atoms with Crippen LogP contribution in [0.25, 0.3) is 0 Å². The van der Waals surface area contributed by atoms with Crippen LogP contribution in [0.3, 0.4) is 0 Å². The Bertz CT molecular complexity index is 751. The monoisotopic (exact) mass is 331 g/mol. The van der Waals surface area contributed by atoms with E-state index in [0.29, 0.717) is 17.5 Å². The number of likely N-dealkylation sites (tertiary alicyclic amines) is 1. The lowest BCUT2D eigenvalue weighted by molar-refractivity contribution is 0.0715. The highest BCUT2D eigenvalue weighted by atomic mass is 19.1. The molecule has 5 nitrogen and oxygen atoms in total. The van der Waals surface area contributed by atoms with Gasteiger partial charge in [0.05, 0.1) is 29.4 Å². The number of nitrogens with zero attached hydrogens (tertiary/aromatic N) is 3. The van der Waals surface area contributed by atoms with Crippen LogP contribution in [-0.2, 0) is 5.54 Å². The lowest BCUT2D eigenvalue weighted by Gasteiger charge is -2.24. The number of rotatable bonds is 2. The van der Waals surface area contributed by atoms with Crippen molar-refractivity contribution in [2.24, 2.45) is 0 Å². The topological polar surface area (TPSA) is 58.4 Å². The van der Waals surface area contributed by atoms with E-state index in [-0.39, 0.29) is 29.8 Å². The summed E-state index contributed by atoms with van der Waals surface area (Å²) in [5, 5.41) is 14.3. The third-order valence-electron chi connectivity index (χ3n) is 4.29. The number of amides is 1. The number of β-amino-alcohol motifs (C(OH)–C–C–N with tert-alkyl or cyclic N) is 1. The van der Waals surface area contributed by atoms with Crippen molar-refractivity contribution in [2.75, 3.05) is 6.54 Å². The van der Waals surface area contributed by atoms with E-state index in [2.05, 4.69) is 5.10 Å². The summed E-state index contributed by atoms with van der Waals surface area (Å²) < 4.78 is 15.3. The van der Waals surface area contributed by atoms with Crippen LogP contribution in [0.15, 0.2) is 36.7 Å². The van der Waals surface area contributed by atoms with Crippen molar-refractivity contribution in [3.63, 3.8) is 0 Å². The van der Waals surface area contributed by atoms with Crippen molar-refractivity contribution in [3.05, 3.63) is 53.6 Å². The third kappa shape index (κ3) is 3.19. The molecule has 0 aliphatic carbocycles. The normalized spacial score (nSPS) is 21.3. The summed E-state index contributed by atoms with van der Waals surface area (Å²) in [6.45, 7) is 6.25. The lowest BCUT2D eigenvalue weighted by atomic mass is 10.0. The number of hydrogen-bond donors (Lipinski definition) is 1. The Morgan fingerprint density at radius 1 is 1.38 bits per heavy atom. The van der Waals surface area contributed by atoms with E-state index in [9.17, 15) is 14.3 Å². The Kier molecular flexibility index (Phi) is 4.17. The number of carbonyl (C=O) groups excluding carboxylic acids is 1. The van der Waals surface area contributed by atoms with Crippen LogP contribution in [0.1, 0.15) is 49.2 Å². The molecular formula is C18H22FN3O2. The molecule has 1 aromatic carbocycles. The van der Waals surface area contributed by atoms with Gasteiger partial charge in [0.2, 0.25) is 0 Å². The minimum atomic E-state index is -0.611. The van der Waals surface area contributed by atoms with E-state index in [0.717, 1.165) is 0 Å². The van der Waals surface area contributed by atoms with Crippen LogP contribution < -0.4 is 0 Å². The number of carbonyl (C=O) groups is 1. The van der Waals surface area contributed by atoms with Crippen molar-refractivity contribution in [3.8, 4) is 0 Å². The van der Waals surface area contributed by atoms with Crippen LogP contribution in [0.2, 0.25) is 0 Å². The molecule has 2 heterocycles. The summed E-state index contributed by atoms with van der Waals surface area (Å²) in [5.74, 6) is -0.543. The molecule has 1 aliphatic rings. The zero-order valence-electron chi connectivity index (χ0n) is 14.1. The molecule has 1 saturated heterocycles. The summed E-state index contributed by atoms with van der Waals surface area (Å²) >= 11 is 0. The minimum absolute atomic E-state index is 0.198. The molecule has 2 aromatic rings. The molecular weight excluding hydrogens is 309 g/mol. The van der Waals surface area contributed by atoms with Crippen molar-refractivity contribution >= 4 is 5.91 Å². The van der Waals surface area contributed by atoms with Gasteiger partial charge in [0, 0.05) is 12.7 Å². The third-order valence-corrected chi connectivity index (χ3v) is 4.29. The van der Waals surface area contributed by atoms with Crippen LogP contribution >= 0.6 is 0 Å².